The van der Waals surface area contributed by atoms with Gasteiger partial charge in [-0.05, 0) is 30.3 Å². The molecule has 0 aliphatic rings. The molecule has 0 aliphatic carbocycles. The smallest absolute Gasteiger partial charge is 0.323 e. The molecular formula is C16H13F2N3O4S. The summed E-state index contributed by atoms with van der Waals surface area (Å²) in [5.41, 5.74) is 1.51. The molecule has 0 fully saturated rings. The molecule has 0 radical (unpaired) electrons. The molecule has 0 unspecified atom stereocenters. The van der Waals surface area contributed by atoms with Gasteiger partial charge in [0.25, 0.3) is 0 Å². The fourth-order valence-electron chi connectivity index (χ4n) is 2.47. The van der Waals surface area contributed by atoms with E-state index in [1.165, 1.54) is 19.2 Å². The molecule has 1 heterocycles. The number of carbonyl (C=O) groups is 1. The summed E-state index contributed by atoms with van der Waals surface area (Å²) in [6, 6.07) is 8.31. The molecule has 0 saturated carbocycles. The number of aromatic nitrogens is 1. The molecule has 26 heavy (non-hydrogen) atoms. The summed E-state index contributed by atoms with van der Waals surface area (Å²) in [6.07, 6.45) is 0.0272. The number of rotatable bonds is 6. The Labute approximate surface area is 147 Å². The Bertz CT molecular complexity index is 1060. The van der Waals surface area contributed by atoms with Crippen molar-refractivity contribution in [3.8, 4) is 17.0 Å². The second-order valence-electron chi connectivity index (χ2n) is 5.29. The van der Waals surface area contributed by atoms with Crippen LogP contribution in [0.15, 0.2) is 36.4 Å². The number of H-pyrrole nitrogens is 1. The van der Waals surface area contributed by atoms with Gasteiger partial charge in [-0.2, -0.15) is 8.42 Å². The number of methoxy groups -OCH3 is 1. The van der Waals surface area contributed by atoms with Crippen LogP contribution in [0.1, 0.15) is 0 Å². The highest BCUT2D eigenvalue weighted by molar-refractivity contribution is 7.91. The number of ether oxygens (including phenoxy) is 1. The lowest BCUT2D eigenvalue weighted by Gasteiger charge is -2.12. The highest BCUT2D eigenvalue weighted by atomic mass is 32.2. The van der Waals surface area contributed by atoms with Crippen molar-refractivity contribution in [1.82, 2.24) is 9.71 Å². The molecule has 3 aromatic rings. The van der Waals surface area contributed by atoms with Crippen LogP contribution >= 0.6 is 0 Å². The van der Waals surface area contributed by atoms with Gasteiger partial charge >= 0.3 is 10.2 Å². The van der Waals surface area contributed by atoms with Crippen LogP contribution in [0.5, 0.6) is 5.75 Å². The number of hydrogen-bond donors (Lipinski definition) is 3. The Balaban J connectivity index is 2.06. The van der Waals surface area contributed by atoms with Crippen LogP contribution in [-0.4, -0.2) is 26.9 Å². The molecule has 1 amide bonds. The van der Waals surface area contributed by atoms with Crippen LogP contribution in [-0.2, 0) is 15.0 Å². The van der Waals surface area contributed by atoms with Crippen molar-refractivity contribution in [3.05, 3.63) is 48.0 Å². The summed E-state index contributed by atoms with van der Waals surface area (Å²) >= 11 is 0. The Morgan fingerprint density at radius 1 is 1.12 bits per heavy atom. The lowest BCUT2D eigenvalue weighted by molar-refractivity contribution is -0.108. The SMILES string of the molecule is COc1ccc(-c2cc3cc(F)c(F)cc3[nH]2)cc1NS(=O)(=O)NC=O. The van der Waals surface area contributed by atoms with E-state index in [0.717, 1.165) is 12.1 Å². The molecule has 0 bridgehead atoms. The van der Waals surface area contributed by atoms with E-state index in [9.17, 15) is 22.0 Å². The fourth-order valence-corrected chi connectivity index (χ4v) is 3.11. The fraction of sp³-hybridized carbons (Fsp3) is 0.0625. The van der Waals surface area contributed by atoms with E-state index < -0.39 is 21.8 Å². The van der Waals surface area contributed by atoms with Gasteiger partial charge in [0, 0.05) is 28.2 Å². The molecule has 0 aliphatic heterocycles. The van der Waals surface area contributed by atoms with E-state index in [1.807, 2.05) is 0 Å². The second-order valence-corrected chi connectivity index (χ2v) is 6.74. The topological polar surface area (TPSA) is 100 Å². The average Bonchev–Trinajstić information content (AvgIpc) is 2.97. The first kappa shape index (κ1) is 17.7. The number of carbonyl (C=O) groups excluding carboxylic acids is 1. The number of anilines is 1. The molecule has 10 heteroatoms. The number of nitrogens with one attached hydrogen (secondary N) is 3. The lowest BCUT2D eigenvalue weighted by atomic mass is 10.1. The minimum Gasteiger partial charge on any atom is -0.495 e. The molecule has 0 saturated heterocycles. The lowest BCUT2D eigenvalue weighted by Crippen LogP contribution is -2.28. The Kier molecular flexibility index (Phi) is 4.51. The Hall–Kier alpha value is -3.14. The normalized spacial score (nSPS) is 11.3. The molecule has 136 valence electrons. The quantitative estimate of drug-likeness (QED) is 0.571. The summed E-state index contributed by atoms with van der Waals surface area (Å²) in [4.78, 5) is 13.3. The maximum atomic E-state index is 13.4. The molecule has 3 N–H and O–H groups in total. The maximum absolute atomic E-state index is 13.4. The zero-order valence-electron chi connectivity index (χ0n) is 13.3. The molecule has 0 atom stereocenters. The third kappa shape index (κ3) is 3.45. The number of halogens is 2. The number of fused-ring (bicyclic) bond motifs is 1. The van der Waals surface area contributed by atoms with Crippen molar-refractivity contribution in [2.75, 3.05) is 11.8 Å². The molecule has 2 aromatic carbocycles. The number of aromatic amines is 1. The van der Waals surface area contributed by atoms with Gasteiger partial charge in [0.2, 0.25) is 6.41 Å². The Morgan fingerprint density at radius 2 is 1.85 bits per heavy atom. The van der Waals surface area contributed by atoms with Crippen LogP contribution in [0.2, 0.25) is 0 Å². The number of benzene rings is 2. The van der Waals surface area contributed by atoms with Crippen molar-refractivity contribution in [2.45, 2.75) is 0 Å². The van der Waals surface area contributed by atoms with Crippen LogP contribution in [0.3, 0.4) is 0 Å². The van der Waals surface area contributed by atoms with E-state index in [0.29, 0.717) is 22.2 Å². The Morgan fingerprint density at radius 3 is 2.54 bits per heavy atom. The van der Waals surface area contributed by atoms with E-state index in [4.69, 9.17) is 4.74 Å². The standard InChI is InChI=1S/C16H13F2N3O4S/c1-25-16-3-2-9(5-15(16)21-26(23,24)19-8-22)13-6-10-4-11(17)12(18)7-14(10)20-13/h2-8,20-21H,1H3,(H,19,22). The second kappa shape index (κ2) is 6.64. The van der Waals surface area contributed by atoms with Crippen molar-refractivity contribution in [3.63, 3.8) is 0 Å². The van der Waals surface area contributed by atoms with Gasteiger partial charge in [-0.1, -0.05) is 0 Å². The number of amides is 1. The van der Waals surface area contributed by atoms with Crippen molar-refractivity contribution >= 4 is 33.2 Å². The van der Waals surface area contributed by atoms with Gasteiger partial charge in [-0.15, -0.1) is 0 Å². The molecule has 0 spiro atoms. The van der Waals surface area contributed by atoms with Crippen molar-refractivity contribution < 1.29 is 26.7 Å². The minimum atomic E-state index is -4.11. The van der Waals surface area contributed by atoms with E-state index in [1.54, 1.807) is 16.9 Å². The molecule has 7 nitrogen and oxygen atoms in total. The first-order valence-corrected chi connectivity index (χ1v) is 8.71. The predicted molar refractivity (Wildman–Crippen MR) is 91.9 cm³/mol. The number of hydrogen-bond acceptors (Lipinski definition) is 4. The highest BCUT2D eigenvalue weighted by Crippen LogP contribution is 2.32. The van der Waals surface area contributed by atoms with E-state index in [-0.39, 0.29) is 17.8 Å². The zero-order valence-corrected chi connectivity index (χ0v) is 14.2. The third-order valence-corrected chi connectivity index (χ3v) is 4.51. The van der Waals surface area contributed by atoms with Gasteiger partial charge in [-0.3, -0.25) is 9.52 Å². The van der Waals surface area contributed by atoms with Crippen molar-refractivity contribution in [2.24, 2.45) is 0 Å². The summed E-state index contributed by atoms with van der Waals surface area (Å²) in [5, 5.41) is 0.458. The summed E-state index contributed by atoms with van der Waals surface area (Å²) in [6.45, 7) is 0. The van der Waals surface area contributed by atoms with Crippen LogP contribution in [0.25, 0.3) is 22.2 Å². The predicted octanol–water partition coefficient (Wildman–Crippen LogP) is 2.52. The molecular weight excluding hydrogens is 368 g/mol. The van der Waals surface area contributed by atoms with Crippen LogP contribution in [0, 0.1) is 11.6 Å². The summed E-state index contributed by atoms with van der Waals surface area (Å²) in [7, 11) is -2.75. The first-order chi connectivity index (χ1) is 12.3. The highest BCUT2D eigenvalue weighted by Gasteiger charge is 2.15. The molecule has 3 rings (SSSR count). The van der Waals surface area contributed by atoms with E-state index in [2.05, 4.69) is 9.71 Å². The summed E-state index contributed by atoms with van der Waals surface area (Å²) < 4.78 is 59.1. The summed E-state index contributed by atoms with van der Waals surface area (Å²) in [5.74, 6) is -1.72. The largest absolute Gasteiger partial charge is 0.495 e. The minimum absolute atomic E-state index is 0.0272. The van der Waals surface area contributed by atoms with Gasteiger partial charge in [0.05, 0.1) is 12.8 Å². The average molecular weight is 381 g/mol. The van der Waals surface area contributed by atoms with Gasteiger partial charge in [0.1, 0.15) is 5.75 Å². The monoisotopic (exact) mass is 381 g/mol. The third-order valence-electron chi connectivity index (χ3n) is 3.62. The first-order valence-electron chi connectivity index (χ1n) is 7.23. The van der Waals surface area contributed by atoms with Gasteiger partial charge < -0.3 is 9.72 Å². The zero-order chi connectivity index (χ0) is 18.9. The molecule has 1 aromatic heterocycles. The maximum Gasteiger partial charge on any atom is 0.323 e. The van der Waals surface area contributed by atoms with Crippen LogP contribution < -0.4 is 14.2 Å². The van der Waals surface area contributed by atoms with Gasteiger partial charge in [0.15, 0.2) is 11.6 Å². The van der Waals surface area contributed by atoms with Crippen molar-refractivity contribution in [1.29, 1.82) is 0 Å². The van der Waals surface area contributed by atoms with Gasteiger partial charge in [-0.25, -0.2) is 13.5 Å². The van der Waals surface area contributed by atoms with E-state index >= 15 is 0 Å². The van der Waals surface area contributed by atoms with Crippen LogP contribution in [0.4, 0.5) is 14.5 Å².